The van der Waals surface area contributed by atoms with E-state index in [0.717, 1.165) is 89.4 Å². The third-order valence-electron chi connectivity index (χ3n) is 25.7. The summed E-state index contributed by atoms with van der Waals surface area (Å²) in [5.41, 5.74) is 26.1. The van der Waals surface area contributed by atoms with E-state index in [1.54, 1.807) is 6.07 Å². The van der Waals surface area contributed by atoms with Crippen molar-refractivity contribution >= 4 is 174 Å². The summed E-state index contributed by atoms with van der Waals surface area (Å²) in [7, 11) is 0. The van der Waals surface area contributed by atoms with E-state index in [9.17, 15) is 0 Å². The van der Waals surface area contributed by atoms with E-state index in [2.05, 4.69) is 428 Å². The number of hydrogen-bond acceptors (Lipinski definition) is 6. The first-order chi connectivity index (χ1) is 63.2. The monoisotopic (exact) mass is 1670 g/mol. The van der Waals surface area contributed by atoms with Crippen LogP contribution in [0.5, 0.6) is 0 Å². The second kappa shape index (κ2) is 32.4. The minimum Gasteiger partial charge on any atom is -0.311 e. The van der Waals surface area contributed by atoms with Crippen LogP contribution < -0.4 is 19.6 Å². The number of halogens is 1. The Morgan fingerprint density at radius 1 is 0.195 bits per heavy atom. The van der Waals surface area contributed by atoms with Gasteiger partial charge in [-0.15, -0.1) is 22.7 Å². The summed E-state index contributed by atoms with van der Waals surface area (Å²) in [6, 6.07) is 167. The molecule has 0 bridgehead atoms. The molecule has 606 valence electrons. The van der Waals surface area contributed by atoms with Gasteiger partial charge in [0.2, 0.25) is 0 Å². The van der Waals surface area contributed by atoms with Crippen molar-refractivity contribution in [1.82, 2.24) is 0 Å². The molecule has 24 rings (SSSR count). The average Bonchev–Trinajstić information content (AvgIpc) is 1.55. The molecule has 0 atom stereocenters. The van der Waals surface area contributed by atoms with E-state index in [1.807, 2.05) is 89.4 Å². The lowest BCUT2D eigenvalue weighted by Gasteiger charge is -2.29. The highest BCUT2D eigenvalue weighted by Gasteiger charge is 2.36. The van der Waals surface area contributed by atoms with E-state index in [0.29, 0.717) is 5.69 Å². The number of anilines is 12. The zero-order valence-electron chi connectivity index (χ0n) is 70.4. The van der Waals surface area contributed by atoms with Gasteiger partial charge in [-0.1, -0.05) is 323 Å². The quantitative estimate of drug-likeness (QED) is 0.0894. The van der Waals surface area contributed by atoms with Crippen LogP contribution in [0.25, 0.3) is 139 Å². The highest BCUT2D eigenvalue weighted by atomic mass is 32.1. The minimum atomic E-state index is -0.289. The maximum absolute atomic E-state index is 17.2. The van der Waals surface area contributed by atoms with Gasteiger partial charge in [0.25, 0.3) is 0 Å². The van der Waals surface area contributed by atoms with Crippen LogP contribution in [0.2, 0.25) is 0 Å². The van der Waals surface area contributed by atoms with Gasteiger partial charge in [0.05, 0.1) is 5.69 Å². The van der Waals surface area contributed by atoms with Crippen LogP contribution in [0.4, 0.5) is 72.6 Å². The van der Waals surface area contributed by atoms with Gasteiger partial charge in [0, 0.05) is 125 Å². The van der Waals surface area contributed by atoms with Gasteiger partial charge in [0.15, 0.2) is 0 Å². The van der Waals surface area contributed by atoms with Crippen molar-refractivity contribution in [2.75, 3.05) is 19.6 Å². The van der Waals surface area contributed by atoms with Gasteiger partial charge >= 0.3 is 0 Å². The molecule has 0 radical (unpaired) electrons. The largest absolute Gasteiger partial charge is 0.311 e. The Labute approximate surface area is 751 Å². The normalized spacial score (nSPS) is 12.1. The number of fused-ring (bicyclic) bond motifs is 19. The molecule has 0 saturated heterocycles. The summed E-state index contributed by atoms with van der Waals surface area (Å²) in [6.07, 6.45) is 0. The number of hydrogen-bond donors (Lipinski definition) is 0. The minimum absolute atomic E-state index is 0.0862. The highest BCUT2D eigenvalue weighted by molar-refractivity contribution is 7.27. The SMILES string of the molecule is CC1(C)c2ccccc2-c2ccc(N(c3ccccc3)c3ccc4c(c3)sc3c5ccc(-c6ccc(N(c7ccccc7)c7ccccc7)cc6)cc5c5ccccc5c43)cc21.Fc1cc(-c2ccccc2)cc(-c2ccccc2)c1N(c1ccccc1)c1ccc2c(c1)sc1c3ccc(-c4ccc(N(c5ccccc5)c5ccccc5)cc4)cc3c3ccccc3c21. The van der Waals surface area contributed by atoms with Crippen LogP contribution in [0.3, 0.4) is 0 Å². The summed E-state index contributed by atoms with van der Waals surface area (Å²) in [6.45, 7) is 4.72. The standard InChI is InChI=1S/C62H41FN2S.C59H42N2S/c63-58-40-46(42-18-6-1-7-19-42)39-56(44-20-8-2-9-21-44)61(58)65(49-26-14-5-15-27-49)51-35-37-55-59(41-51)66-62-54-36-32-45(38-57(54)52-28-16-17-29-53(52)60(55)62)43-30-33-50(34-31-43)64(47-22-10-3-11-23-47)48-24-12-4-13-25-48;1-59(2)54-25-15-14-23-48(54)49-34-31-45(37-55(49)59)61(43-20-10-5-11-21-43)46-32-35-52-56(38-46)62-58-51-33-28-40(36-53(51)47-22-12-13-24-50(47)57(52)58)39-26-29-44(30-27-39)60(41-16-6-3-7-17-41)42-18-8-4-9-19-42/h1-41H;3-38H,1-2H3. The number of benzene rings is 21. The zero-order valence-corrected chi connectivity index (χ0v) is 72.1. The van der Waals surface area contributed by atoms with Crippen molar-refractivity contribution in [2.24, 2.45) is 0 Å². The third-order valence-corrected chi connectivity index (χ3v) is 28.0. The van der Waals surface area contributed by atoms with Gasteiger partial charge in [-0.25, -0.2) is 4.39 Å². The summed E-state index contributed by atoms with van der Waals surface area (Å²) in [5, 5.41) is 15.1. The van der Waals surface area contributed by atoms with Gasteiger partial charge in [-0.3, -0.25) is 0 Å². The summed E-state index contributed by atoms with van der Waals surface area (Å²) in [5.74, 6) is -0.289. The van der Waals surface area contributed by atoms with Crippen LogP contribution in [0, 0.1) is 5.82 Å². The molecule has 4 nitrogen and oxygen atoms in total. The highest BCUT2D eigenvalue weighted by Crippen LogP contribution is 2.55. The zero-order chi connectivity index (χ0) is 85.3. The Balaban J connectivity index is 0.000000147. The number of rotatable bonds is 16. The van der Waals surface area contributed by atoms with Crippen LogP contribution in [-0.4, -0.2) is 0 Å². The van der Waals surface area contributed by atoms with Crippen molar-refractivity contribution in [3.05, 3.63) is 484 Å². The molecule has 23 aromatic rings. The van der Waals surface area contributed by atoms with Crippen molar-refractivity contribution < 1.29 is 4.39 Å². The fourth-order valence-corrected chi connectivity index (χ4v) is 22.2. The van der Waals surface area contributed by atoms with Crippen LogP contribution in [0.15, 0.2) is 467 Å². The average molecular weight is 1680 g/mol. The van der Waals surface area contributed by atoms with Crippen molar-refractivity contribution in [3.8, 4) is 55.6 Å². The van der Waals surface area contributed by atoms with Crippen LogP contribution >= 0.6 is 22.7 Å². The molecule has 1 aliphatic carbocycles. The molecule has 128 heavy (non-hydrogen) atoms. The summed E-state index contributed by atoms with van der Waals surface area (Å²) >= 11 is 3.72. The molecular weight excluding hydrogens is 1590 g/mol. The lowest BCUT2D eigenvalue weighted by atomic mass is 9.82. The Morgan fingerprint density at radius 2 is 0.508 bits per heavy atom. The molecule has 0 unspecified atom stereocenters. The molecule has 7 heteroatoms. The van der Waals surface area contributed by atoms with E-state index < -0.39 is 0 Å². The second-order valence-corrected chi connectivity index (χ2v) is 35.6. The molecule has 0 fully saturated rings. The molecular formula is C121H83FN4S2. The second-order valence-electron chi connectivity index (χ2n) is 33.5. The summed E-state index contributed by atoms with van der Waals surface area (Å²) in [4.78, 5) is 9.12. The fraction of sp³-hybridized carbons (Fsp3) is 0.0248. The maximum Gasteiger partial charge on any atom is 0.148 e. The Bertz CT molecular complexity index is 8050. The predicted octanol–water partition coefficient (Wildman–Crippen LogP) is 35.7. The number of para-hydroxylation sites is 6. The molecule has 2 heterocycles. The molecule has 0 saturated carbocycles. The number of thiophene rings is 2. The van der Waals surface area contributed by atoms with E-state index >= 15 is 4.39 Å². The van der Waals surface area contributed by atoms with Crippen molar-refractivity contribution in [3.63, 3.8) is 0 Å². The third kappa shape index (κ3) is 13.7. The maximum atomic E-state index is 17.2. The smallest absolute Gasteiger partial charge is 0.148 e. The lowest BCUT2D eigenvalue weighted by Crippen LogP contribution is -2.16. The Hall–Kier alpha value is -15.8. The molecule has 0 spiro atoms. The van der Waals surface area contributed by atoms with Crippen LogP contribution in [-0.2, 0) is 5.41 Å². The predicted molar refractivity (Wildman–Crippen MR) is 547 cm³/mol. The first-order valence-electron chi connectivity index (χ1n) is 43.7. The molecule has 1 aliphatic rings. The summed E-state index contributed by atoms with van der Waals surface area (Å²) < 4.78 is 22.2. The van der Waals surface area contributed by atoms with Crippen LogP contribution in [0.1, 0.15) is 25.0 Å². The molecule has 0 aliphatic heterocycles. The number of nitrogens with zero attached hydrogens (tertiary/aromatic N) is 4. The molecule has 0 N–H and O–H groups in total. The fourth-order valence-electron chi connectivity index (χ4n) is 19.6. The van der Waals surface area contributed by atoms with Gasteiger partial charge in [0.1, 0.15) is 5.82 Å². The van der Waals surface area contributed by atoms with Crippen molar-refractivity contribution in [2.45, 2.75) is 19.3 Å². The Morgan fingerprint density at radius 3 is 0.953 bits per heavy atom. The van der Waals surface area contributed by atoms with E-state index in [-0.39, 0.29) is 11.2 Å². The topological polar surface area (TPSA) is 13.0 Å². The lowest BCUT2D eigenvalue weighted by molar-refractivity contribution is 0.630. The first-order valence-corrected chi connectivity index (χ1v) is 45.3. The Kier molecular flexibility index (Phi) is 19.5. The van der Waals surface area contributed by atoms with Gasteiger partial charge in [-0.05, 0) is 251 Å². The van der Waals surface area contributed by atoms with Gasteiger partial charge < -0.3 is 19.6 Å². The van der Waals surface area contributed by atoms with Gasteiger partial charge in [-0.2, -0.15) is 0 Å². The molecule has 2 aromatic heterocycles. The molecule has 21 aromatic carbocycles. The van der Waals surface area contributed by atoms with E-state index in [1.165, 1.54) is 123 Å². The van der Waals surface area contributed by atoms with E-state index in [4.69, 9.17) is 0 Å². The first kappa shape index (κ1) is 77.1. The van der Waals surface area contributed by atoms with Crippen molar-refractivity contribution in [1.29, 1.82) is 0 Å². The molecule has 0 amide bonds.